The maximum atomic E-state index is 13.3. The lowest BCUT2D eigenvalue weighted by Crippen LogP contribution is -2.49. The average molecular weight is 656 g/mol. The Kier molecular flexibility index (Phi) is 14.0. The Morgan fingerprint density at radius 3 is 1.75 bits per heavy atom. The van der Waals surface area contributed by atoms with Crippen molar-refractivity contribution in [1.82, 2.24) is 5.32 Å². The van der Waals surface area contributed by atoms with E-state index in [1.54, 1.807) is 20.8 Å². The van der Waals surface area contributed by atoms with E-state index in [1.165, 1.54) is 32.7 Å². The first kappa shape index (κ1) is 36.6. The highest BCUT2D eigenvalue weighted by Crippen LogP contribution is 2.19. The number of rotatable bonds is 19. The summed E-state index contributed by atoms with van der Waals surface area (Å²) >= 11 is 0. The second-order valence-electron chi connectivity index (χ2n) is 13.2. The summed E-state index contributed by atoms with van der Waals surface area (Å²) in [6.45, 7) is 5.08. The van der Waals surface area contributed by atoms with Gasteiger partial charge in [0.1, 0.15) is 12.2 Å². The number of aryl methyl sites for hydroxylation is 2. The second kappa shape index (κ2) is 18.3. The molecule has 0 radical (unpaired) electrons. The number of carbonyl (C=O) groups excluding carboxylic acids is 2. The van der Waals surface area contributed by atoms with Crippen molar-refractivity contribution in [2.24, 2.45) is 0 Å². The summed E-state index contributed by atoms with van der Waals surface area (Å²) in [6, 6.07) is 29.5. The number of carboxylic acids is 1. The van der Waals surface area contributed by atoms with Gasteiger partial charge in [-0.3, -0.25) is 4.79 Å². The number of hydrogen-bond acceptors (Lipinski definition) is 6. The Morgan fingerprint density at radius 2 is 1.21 bits per heavy atom. The predicted molar refractivity (Wildman–Crippen MR) is 189 cm³/mol. The van der Waals surface area contributed by atoms with Crippen LogP contribution in [-0.2, 0) is 41.4 Å². The van der Waals surface area contributed by atoms with Gasteiger partial charge in [-0.1, -0.05) is 97.8 Å². The van der Waals surface area contributed by atoms with E-state index in [4.69, 9.17) is 14.2 Å². The number of amides is 1. The van der Waals surface area contributed by atoms with E-state index in [2.05, 4.69) is 66.0 Å². The van der Waals surface area contributed by atoms with E-state index in [-0.39, 0.29) is 6.61 Å². The van der Waals surface area contributed by atoms with Gasteiger partial charge < -0.3 is 24.6 Å². The molecule has 0 aliphatic carbocycles. The van der Waals surface area contributed by atoms with E-state index in [1.807, 2.05) is 24.3 Å². The van der Waals surface area contributed by atoms with Crippen LogP contribution in [0.2, 0.25) is 0 Å². The third kappa shape index (κ3) is 12.1. The van der Waals surface area contributed by atoms with E-state index in [0.717, 1.165) is 44.9 Å². The van der Waals surface area contributed by atoms with Crippen LogP contribution in [0.4, 0.5) is 0 Å². The summed E-state index contributed by atoms with van der Waals surface area (Å²) in [5, 5.41) is 17.7. The Bertz CT molecular complexity index is 1640. The van der Waals surface area contributed by atoms with Gasteiger partial charge in [0, 0.05) is 13.2 Å². The fraction of sp³-hybridized carbons (Fsp3) is 0.425. The molecule has 0 saturated heterocycles. The van der Waals surface area contributed by atoms with Crippen LogP contribution in [-0.4, -0.2) is 60.5 Å². The van der Waals surface area contributed by atoms with Crippen LogP contribution in [0, 0.1) is 0 Å². The van der Waals surface area contributed by atoms with Crippen molar-refractivity contribution in [1.29, 1.82) is 0 Å². The molecule has 8 heteroatoms. The molecule has 4 aromatic rings. The number of unbranched alkanes of at least 4 members (excludes halogenated alkanes) is 4. The average Bonchev–Trinajstić information content (AvgIpc) is 3.05. The van der Waals surface area contributed by atoms with Gasteiger partial charge in [0.15, 0.2) is 12.2 Å². The van der Waals surface area contributed by atoms with Crippen molar-refractivity contribution in [3.05, 3.63) is 96.1 Å². The van der Waals surface area contributed by atoms with Crippen molar-refractivity contribution in [2.75, 3.05) is 19.8 Å². The number of hydrogen-bond donors (Lipinski definition) is 2. The molecule has 0 spiro atoms. The number of carboxylic acid groups (broad SMARTS) is 1. The Balaban J connectivity index is 1.25. The van der Waals surface area contributed by atoms with Crippen LogP contribution in [0.1, 0.15) is 70.4 Å². The summed E-state index contributed by atoms with van der Waals surface area (Å²) in [5.41, 5.74) is 1.77. The molecule has 0 unspecified atom stereocenters. The SMILES string of the molecule is CC(C)(C)OC(=O)CO[C@@H](C(=O)O)[C@@H](OCCCCCc1ccc2ccccc2c1)C(=O)NCCCCCc1ccc2ccccc2c1. The van der Waals surface area contributed by atoms with Crippen molar-refractivity contribution in [3.63, 3.8) is 0 Å². The lowest BCUT2D eigenvalue weighted by molar-refractivity contribution is -0.178. The summed E-state index contributed by atoms with van der Waals surface area (Å²) in [4.78, 5) is 37.7. The van der Waals surface area contributed by atoms with Crippen LogP contribution in [0.15, 0.2) is 84.9 Å². The molecule has 0 bridgehead atoms. The molecular weight excluding hydrogens is 606 g/mol. The second-order valence-corrected chi connectivity index (χ2v) is 13.2. The summed E-state index contributed by atoms with van der Waals surface area (Å²) in [7, 11) is 0. The number of fused-ring (bicyclic) bond motifs is 2. The van der Waals surface area contributed by atoms with Gasteiger partial charge in [-0.15, -0.1) is 0 Å². The lowest BCUT2D eigenvalue weighted by atomic mass is 10.0. The van der Waals surface area contributed by atoms with Gasteiger partial charge in [0.05, 0.1) is 0 Å². The molecule has 1 amide bonds. The molecule has 0 aliphatic heterocycles. The molecule has 4 aromatic carbocycles. The molecular formula is C40H49NO7. The maximum Gasteiger partial charge on any atom is 0.336 e. The third-order valence-electron chi connectivity index (χ3n) is 8.05. The van der Waals surface area contributed by atoms with Crippen LogP contribution in [0.25, 0.3) is 21.5 Å². The Labute approximate surface area is 283 Å². The molecule has 48 heavy (non-hydrogen) atoms. The van der Waals surface area contributed by atoms with Gasteiger partial charge in [0.2, 0.25) is 0 Å². The molecule has 256 valence electrons. The summed E-state index contributed by atoms with van der Waals surface area (Å²) in [6.07, 6.45) is 3.77. The number of carbonyl (C=O) groups is 3. The zero-order chi connectivity index (χ0) is 34.4. The van der Waals surface area contributed by atoms with Crippen molar-refractivity contribution in [3.8, 4) is 0 Å². The van der Waals surface area contributed by atoms with E-state index in [9.17, 15) is 19.5 Å². The van der Waals surface area contributed by atoms with Gasteiger partial charge in [0.25, 0.3) is 5.91 Å². The first-order valence-electron chi connectivity index (χ1n) is 17.0. The molecule has 0 fully saturated rings. The Morgan fingerprint density at radius 1 is 0.667 bits per heavy atom. The molecule has 4 rings (SSSR count). The minimum absolute atomic E-state index is 0.182. The van der Waals surface area contributed by atoms with Crippen LogP contribution in [0.3, 0.4) is 0 Å². The monoisotopic (exact) mass is 655 g/mol. The molecule has 0 heterocycles. The number of benzene rings is 4. The highest BCUT2D eigenvalue weighted by molar-refractivity contribution is 5.88. The number of esters is 1. The highest BCUT2D eigenvalue weighted by Gasteiger charge is 2.36. The zero-order valence-electron chi connectivity index (χ0n) is 28.4. The van der Waals surface area contributed by atoms with E-state index < -0.39 is 42.3 Å². The van der Waals surface area contributed by atoms with Gasteiger partial charge in [-0.25, -0.2) is 9.59 Å². The normalized spacial score (nSPS) is 12.9. The fourth-order valence-corrected chi connectivity index (χ4v) is 5.67. The van der Waals surface area contributed by atoms with Crippen LogP contribution < -0.4 is 5.32 Å². The van der Waals surface area contributed by atoms with Gasteiger partial charge in [-0.05, 0) is 92.0 Å². The van der Waals surface area contributed by atoms with Gasteiger partial charge in [-0.2, -0.15) is 0 Å². The molecule has 0 aliphatic rings. The third-order valence-corrected chi connectivity index (χ3v) is 8.05. The van der Waals surface area contributed by atoms with Gasteiger partial charge >= 0.3 is 11.9 Å². The molecule has 2 N–H and O–H groups in total. The lowest BCUT2D eigenvalue weighted by Gasteiger charge is -2.25. The van der Waals surface area contributed by atoms with E-state index >= 15 is 0 Å². The molecule has 0 saturated carbocycles. The smallest absolute Gasteiger partial charge is 0.336 e. The van der Waals surface area contributed by atoms with E-state index in [0.29, 0.717) is 13.0 Å². The summed E-state index contributed by atoms with van der Waals surface area (Å²) < 4.78 is 16.6. The topological polar surface area (TPSA) is 111 Å². The maximum absolute atomic E-state index is 13.3. The molecule has 0 aromatic heterocycles. The zero-order valence-corrected chi connectivity index (χ0v) is 28.4. The minimum Gasteiger partial charge on any atom is -0.479 e. The minimum atomic E-state index is -1.66. The van der Waals surface area contributed by atoms with Crippen molar-refractivity contribution in [2.45, 2.75) is 89.9 Å². The fourth-order valence-electron chi connectivity index (χ4n) is 5.67. The first-order chi connectivity index (χ1) is 23.1. The summed E-state index contributed by atoms with van der Waals surface area (Å²) in [5.74, 6) is -2.67. The number of aliphatic carboxylic acids is 1. The molecule has 8 nitrogen and oxygen atoms in total. The van der Waals surface area contributed by atoms with Crippen LogP contribution in [0.5, 0.6) is 0 Å². The quantitative estimate of drug-likeness (QED) is 0.0798. The highest BCUT2D eigenvalue weighted by atomic mass is 16.6. The Hall–Kier alpha value is -4.27. The molecule has 2 atom stereocenters. The first-order valence-corrected chi connectivity index (χ1v) is 17.0. The van der Waals surface area contributed by atoms with Crippen molar-refractivity contribution >= 4 is 39.4 Å². The van der Waals surface area contributed by atoms with Crippen molar-refractivity contribution < 1.29 is 33.7 Å². The predicted octanol–water partition coefficient (Wildman–Crippen LogP) is 7.43. The van der Waals surface area contributed by atoms with Crippen LogP contribution >= 0.6 is 0 Å². The standard InChI is InChI=1S/C40H49NO7/c1-40(2,3)48-35(42)28-47-37(39(44)45)36(46-25-13-5-7-15-30-21-23-32-17-9-11-19-34(32)27-30)38(43)41-24-12-4-6-14-29-20-22-31-16-8-10-18-33(31)26-29/h8-11,16-23,26-27,36-37H,4-7,12-15,24-25,28H2,1-3H3,(H,41,43)(H,44,45)/t36-,37-/m1/s1. The number of nitrogens with one attached hydrogen (secondary N) is 1. The largest absolute Gasteiger partial charge is 0.479 e. The number of ether oxygens (including phenoxy) is 3.